The van der Waals surface area contributed by atoms with Crippen molar-refractivity contribution < 1.29 is 4.79 Å². The molecule has 0 amide bonds. The highest BCUT2D eigenvalue weighted by Crippen LogP contribution is 2.27. The minimum absolute atomic E-state index is 0.295. The molecule has 0 atom stereocenters. The first-order valence-corrected chi connectivity index (χ1v) is 4.65. The van der Waals surface area contributed by atoms with Crippen molar-refractivity contribution in [3.05, 3.63) is 24.3 Å². The van der Waals surface area contributed by atoms with E-state index in [4.69, 9.17) is 0 Å². The monoisotopic (exact) mass is 176 g/mol. The van der Waals surface area contributed by atoms with Gasteiger partial charge < -0.3 is 0 Å². The number of hydrogen-bond acceptors (Lipinski definition) is 3. The predicted octanol–water partition coefficient (Wildman–Crippen LogP) is 1.39. The van der Waals surface area contributed by atoms with Crippen LogP contribution in [-0.4, -0.2) is 15.8 Å². The van der Waals surface area contributed by atoms with Gasteiger partial charge in [0.05, 0.1) is 6.42 Å². The van der Waals surface area contributed by atoms with Crippen molar-refractivity contribution in [3.63, 3.8) is 0 Å². The summed E-state index contributed by atoms with van der Waals surface area (Å²) in [5.74, 6) is 1.25. The molecular weight excluding hydrogens is 164 g/mol. The number of ketones is 1. The van der Waals surface area contributed by atoms with E-state index in [0.29, 0.717) is 23.9 Å². The van der Waals surface area contributed by atoms with Gasteiger partial charge in [0.1, 0.15) is 11.6 Å². The first-order chi connectivity index (χ1) is 6.36. The topological polar surface area (TPSA) is 42.9 Å². The molecule has 3 nitrogen and oxygen atoms in total. The van der Waals surface area contributed by atoms with E-state index in [0.717, 1.165) is 12.8 Å². The standard InChI is InChI=1S/C10H12N2O/c13-9(8-3-1-4-8)7-10-11-5-2-6-12-10/h2,5-6,8H,1,3-4,7H2. The molecule has 13 heavy (non-hydrogen) atoms. The average molecular weight is 176 g/mol. The zero-order valence-corrected chi connectivity index (χ0v) is 7.44. The second-order valence-corrected chi connectivity index (χ2v) is 3.44. The summed E-state index contributed by atoms with van der Waals surface area (Å²) in [4.78, 5) is 19.6. The van der Waals surface area contributed by atoms with Crippen molar-refractivity contribution >= 4 is 5.78 Å². The maximum absolute atomic E-state index is 11.5. The third-order valence-corrected chi connectivity index (χ3v) is 2.51. The number of hydrogen-bond donors (Lipinski definition) is 0. The third-order valence-electron chi connectivity index (χ3n) is 2.51. The molecule has 0 aliphatic heterocycles. The molecule has 1 fully saturated rings. The van der Waals surface area contributed by atoms with Gasteiger partial charge in [-0.3, -0.25) is 4.79 Å². The van der Waals surface area contributed by atoms with E-state index < -0.39 is 0 Å². The Morgan fingerprint density at radius 1 is 1.38 bits per heavy atom. The molecule has 0 spiro atoms. The summed E-state index contributed by atoms with van der Waals surface area (Å²) in [5.41, 5.74) is 0. The van der Waals surface area contributed by atoms with Crippen LogP contribution in [0.15, 0.2) is 18.5 Å². The first kappa shape index (κ1) is 8.35. The number of aromatic nitrogens is 2. The minimum Gasteiger partial charge on any atom is -0.299 e. The Bertz CT molecular complexity index is 293. The fourth-order valence-corrected chi connectivity index (χ4v) is 1.45. The summed E-state index contributed by atoms with van der Waals surface area (Å²) in [5, 5.41) is 0. The quantitative estimate of drug-likeness (QED) is 0.699. The lowest BCUT2D eigenvalue weighted by molar-refractivity contribution is -0.124. The summed E-state index contributed by atoms with van der Waals surface area (Å²) in [6.07, 6.45) is 7.08. The molecule has 2 rings (SSSR count). The molecule has 1 aliphatic carbocycles. The second-order valence-electron chi connectivity index (χ2n) is 3.44. The maximum Gasteiger partial charge on any atom is 0.143 e. The van der Waals surface area contributed by atoms with Crippen LogP contribution in [0.5, 0.6) is 0 Å². The van der Waals surface area contributed by atoms with Crippen LogP contribution >= 0.6 is 0 Å². The number of rotatable bonds is 3. The van der Waals surface area contributed by atoms with E-state index in [2.05, 4.69) is 9.97 Å². The lowest BCUT2D eigenvalue weighted by Crippen LogP contribution is -2.24. The van der Waals surface area contributed by atoms with Crippen molar-refractivity contribution in [1.82, 2.24) is 9.97 Å². The van der Waals surface area contributed by atoms with E-state index >= 15 is 0 Å². The molecule has 0 bridgehead atoms. The molecule has 1 saturated carbocycles. The van der Waals surface area contributed by atoms with Crippen molar-refractivity contribution in [2.45, 2.75) is 25.7 Å². The van der Waals surface area contributed by atoms with Gasteiger partial charge in [-0.2, -0.15) is 0 Å². The SMILES string of the molecule is O=C(Cc1ncccn1)C1CCC1. The Balaban J connectivity index is 1.94. The third kappa shape index (κ3) is 1.91. The highest BCUT2D eigenvalue weighted by atomic mass is 16.1. The van der Waals surface area contributed by atoms with Crippen LogP contribution < -0.4 is 0 Å². The van der Waals surface area contributed by atoms with Gasteiger partial charge in [-0.1, -0.05) is 6.42 Å². The number of nitrogens with zero attached hydrogens (tertiary/aromatic N) is 2. The van der Waals surface area contributed by atoms with Crippen molar-refractivity contribution in [2.75, 3.05) is 0 Å². The van der Waals surface area contributed by atoms with Gasteiger partial charge in [-0.15, -0.1) is 0 Å². The average Bonchev–Trinajstić information content (AvgIpc) is 2.02. The Kier molecular flexibility index (Phi) is 2.34. The first-order valence-electron chi connectivity index (χ1n) is 4.65. The summed E-state index contributed by atoms with van der Waals surface area (Å²) >= 11 is 0. The van der Waals surface area contributed by atoms with Crippen molar-refractivity contribution in [2.24, 2.45) is 5.92 Å². The van der Waals surface area contributed by atoms with Crippen LogP contribution in [-0.2, 0) is 11.2 Å². The van der Waals surface area contributed by atoms with E-state index in [9.17, 15) is 4.79 Å². The lowest BCUT2D eigenvalue weighted by atomic mass is 9.81. The van der Waals surface area contributed by atoms with Crippen LogP contribution in [0.3, 0.4) is 0 Å². The summed E-state index contributed by atoms with van der Waals surface area (Å²) in [6.45, 7) is 0. The molecule has 0 saturated heterocycles. The largest absolute Gasteiger partial charge is 0.299 e. The zero-order valence-electron chi connectivity index (χ0n) is 7.44. The second kappa shape index (κ2) is 3.64. The molecule has 1 aliphatic rings. The van der Waals surface area contributed by atoms with Crippen molar-refractivity contribution in [1.29, 1.82) is 0 Å². The van der Waals surface area contributed by atoms with E-state index in [-0.39, 0.29) is 0 Å². The highest BCUT2D eigenvalue weighted by molar-refractivity contribution is 5.83. The van der Waals surface area contributed by atoms with E-state index in [1.807, 2.05) is 0 Å². The molecule has 0 aromatic carbocycles. The summed E-state index contributed by atoms with van der Waals surface area (Å²) in [7, 11) is 0. The molecule has 0 radical (unpaired) electrons. The summed E-state index contributed by atoms with van der Waals surface area (Å²) in [6, 6.07) is 1.76. The predicted molar refractivity (Wildman–Crippen MR) is 48.1 cm³/mol. The van der Waals surface area contributed by atoms with Gasteiger partial charge in [-0.05, 0) is 18.9 Å². The van der Waals surface area contributed by atoms with Gasteiger partial charge in [0.15, 0.2) is 0 Å². The van der Waals surface area contributed by atoms with Crippen LogP contribution in [0.4, 0.5) is 0 Å². The Labute approximate surface area is 77.2 Å². The van der Waals surface area contributed by atoms with Gasteiger partial charge in [-0.25, -0.2) is 9.97 Å². The molecular formula is C10H12N2O. The van der Waals surface area contributed by atoms with Gasteiger partial charge in [0.2, 0.25) is 0 Å². The van der Waals surface area contributed by atoms with E-state index in [1.165, 1.54) is 6.42 Å². The lowest BCUT2D eigenvalue weighted by Gasteiger charge is -2.23. The molecule has 1 aromatic heterocycles. The normalized spacial score (nSPS) is 16.6. The highest BCUT2D eigenvalue weighted by Gasteiger charge is 2.25. The van der Waals surface area contributed by atoms with Crippen LogP contribution in [0.2, 0.25) is 0 Å². The number of carbonyl (C=O) groups excluding carboxylic acids is 1. The van der Waals surface area contributed by atoms with Gasteiger partial charge in [0, 0.05) is 18.3 Å². The molecule has 68 valence electrons. The Hall–Kier alpha value is -1.25. The number of carbonyl (C=O) groups is 1. The molecule has 3 heteroatoms. The van der Waals surface area contributed by atoms with Crippen LogP contribution in [0.25, 0.3) is 0 Å². The van der Waals surface area contributed by atoms with Crippen molar-refractivity contribution in [3.8, 4) is 0 Å². The summed E-state index contributed by atoms with van der Waals surface area (Å²) < 4.78 is 0. The smallest absolute Gasteiger partial charge is 0.143 e. The molecule has 0 N–H and O–H groups in total. The maximum atomic E-state index is 11.5. The molecule has 0 unspecified atom stereocenters. The Morgan fingerprint density at radius 2 is 2.08 bits per heavy atom. The molecule has 1 heterocycles. The Morgan fingerprint density at radius 3 is 2.62 bits per heavy atom. The van der Waals surface area contributed by atoms with Crippen LogP contribution in [0, 0.1) is 5.92 Å². The fourth-order valence-electron chi connectivity index (χ4n) is 1.45. The van der Waals surface area contributed by atoms with E-state index in [1.54, 1.807) is 18.5 Å². The minimum atomic E-state index is 0.295. The molecule has 1 aromatic rings. The van der Waals surface area contributed by atoms with Crippen LogP contribution in [0.1, 0.15) is 25.1 Å². The van der Waals surface area contributed by atoms with Gasteiger partial charge in [0.25, 0.3) is 0 Å². The zero-order chi connectivity index (χ0) is 9.10. The van der Waals surface area contributed by atoms with Gasteiger partial charge >= 0.3 is 0 Å². The fraction of sp³-hybridized carbons (Fsp3) is 0.500. The number of Topliss-reactive ketones (excluding diaryl/α,β-unsaturated/α-hetero) is 1.